The fourth-order valence-corrected chi connectivity index (χ4v) is 9.45. The maximum atomic E-state index is 12.7. The number of hydrogen-bond donors (Lipinski definition) is 1. The van der Waals surface area contributed by atoms with E-state index in [1.54, 1.807) is 0 Å². The predicted molar refractivity (Wildman–Crippen MR) is 161 cm³/mol. The highest BCUT2D eigenvalue weighted by Gasteiger charge is 2.50. The number of nitrogens with one attached hydrogen (secondary N) is 1. The zero-order valence-corrected chi connectivity index (χ0v) is 25.0. The van der Waals surface area contributed by atoms with Crippen molar-refractivity contribution in [2.75, 3.05) is 6.61 Å². The maximum Gasteiger partial charge on any atom is 0.408 e. The van der Waals surface area contributed by atoms with Gasteiger partial charge in [-0.3, -0.25) is 0 Å². The second-order valence-electron chi connectivity index (χ2n) is 11.9. The van der Waals surface area contributed by atoms with E-state index in [0.717, 1.165) is 11.1 Å². The first-order chi connectivity index (χ1) is 17.9. The van der Waals surface area contributed by atoms with Crippen LogP contribution in [-0.4, -0.2) is 32.7 Å². The zero-order valence-electron chi connectivity index (χ0n) is 24.0. The molecule has 0 aromatic heterocycles. The van der Waals surface area contributed by atoms with E-state index in [-0.39, 0.29) is 11.1 Å². The third kappa shape index (κ3) is 7.92. The summed E-state index contributed by atoms with van der Waals surface area (Å²) in [4.78, 5) is 12.7. The minimum absolute atomic E-state index is 0.103. The van der Waals surface area contributed by atoms with E-state index >= 15 is 0 Å². The van der Waals surface area contributed by atoms with Gasteiger partial charge in [0.1, 0.15) is 5.60 Å². The van der Waals surface area contributed by atoms with Crippen LogP contribution in [0.2, 0.25) is 5.04 Å². The van der Waals surface area contributed by atoms with Gasteiger partial charge in [-0.1, -0.05) is 123 Å². The Bertz CT molecular complexity index is 1140. The molecule has 0 saturated heterocycles. The normalized spacial score (nSPS) is 13.6. The Morgan fingerprint density at radius 2 is 1.29 bits per heavy atom. The first kappa shape index (κ1) is 29.4. The van der Waals surface area contributed by atoms with Crippen molar-refractivity contribution in [3.63, 3.8) is 0 Å². The molecule has 3 aromatic carbocycles. The van der Waals surface area contributed by atoms with Gasteiger partial charge in [-0.25, -0.2) is 4.79 Å². The van der Waals surface area contributed by atoms with Gasteiger partial charge in [0.05, 0.1) is 12.6 Å². The molecule has 0 radical (unpaired) electrons. The van der Waals surface area contributed by atoms with Crippen LogP contribution in [0.15, 0.2) is 103 Å². The summed E-state index contributed by atoms with van der Waals surface area (Å²) < 4.78 is 12.6. The topological polar surface area (TPSA) is 47.6 Å². The van der Waals surface area contributed by atoms with Crippen molar-refractivity contribution < 1.29 is 14.0 Å². The summed E-state index contributed by atoms with van der Waals surface area (Å²) in [6.07, 6.45) is 2.35. The van der Waals surface area contributed by atoms with E-state index < -0.39 is 20.0 Å². The number of hydrogen-bond acceptors (Lipinski definition) is 3. The number of rotatable bonds is 9. The Morgan fingerprint density at radius 3 is 1.74 bits per heavy atom. The molecule has 5 heteroatoms. The summed E-state index contributed by atoms with van der Waals surface area (Å²) in [5.74, 6) is 0. The van der Waals surface area contributed by atoms with Crippen LogP contribution >= 0.6 is 0 Å². The van der Waals surface area contributed by atoms with E-state index in [1.165, 1.54) is 10.4 Å². The number of ether oxygens (including phenoxy) is 1. The Hall–Kier alpha value is -3.15. The number of amides is 1. The van der Waals surface area contributed by atoms with Crippen LogP contribution in [-0.2, 0) is 15.6 Å². The maximum absolute atomic E-state index is 12.7. The van der Waals surface area contributed by atoms with E-state index in [1.807, 2.05) is 39.0 Å². The van der Waals surface area contributed by atoms with Crippen molar-refractivity contribution in [1.29, 1.82) is 0 Å². The van der Waals surface area contributed by atoms with Crippen molar-refractivity contribution >= 4 is 24.8 Å². The van der Waals surface area contributed by atoms with Crippen molar-refractivity contribution in [3.05, 3.63) is 108 Å². The molecule has 0 fully saturated rings. The number of alkyl carbamates (subject to hydrolysis) is 1. The standard InChI is InChI=1S/C33H43NO3Si/c1-26(23-28(24-27-17-11-8-12-18-27)34-31(35)37-32(2,3)4)25-36-38(33(5,6)7,29-19-13-9-14-20-29)30-21-15-10-16-22-30/h8-23,28H,24-25H2,1-7H3,(H,34,35)/b26-23+/t28-/m1/s1. The fraction of sp³-hybridized carbons (Fsp3) is 0.364. The van der Waals surface area contributed by atoms with Crippen LogP contribution in [0.25, 0.3) is 0 Å². The van der Waals surface area contributed by atoms with Gasteiger partial charge >= 0.3 is 6.09 Å². The lowest BCUT2D eigenvalue weighted by Gasteiger charge is -2.43. The molecule has 0 heterocycles. The highest BCUT2D eigenvalue weighted by atomic mass is 28.4. The van der Waals surface area contributed by atoms with Crippen molar-refractivity contribution in [2.24, 2.45) is 0 Å². The van der Waals surface area contributed by atoms with Crippen LogP contribution in [0.1, 0.15) is 54.0 Å². The molecule has 1 N–H and O–H groups in total. The van der Waals surface area contributed by atoms with Crippen LogP contribution in [0.4, 0.5) is 4.79 Å². The molecule has 0 spiro atoms. The molecule has 0 unspecified atom stereocenters. The monoisotopic (exact) mass is 529 g/mol. The molecule has 1 atom stereocenters. The summed E-state index contributed by atoms with van der Waals surface area (Å²) in [6.45, 7) is 15.0. The van der Waals surface area contributed by atoms with Crippen LogP contribution in [0.3, 0.4) is 0 Å². The van der Waals surface area contributed by atoms with Crippen molar-refractivity contribution in [1.82, 2.24) is 5.32 Å². The fourth-order valence-electron chi connectivity index (χ4n) is 4.85. The van der Waals surface area contributed by atoms with Crippen LogP contribution < -0.4 is 15.7 Å². The third-order valence-electron chi connectivity index (χ3n) is 6.42. The summed E-state index contributed by atoms with van der Waals surface area (Å²) in [5, 5.41) is 5.46. The molecule has 4 nitrogen and oxygen atoms in total. The lowest BCUT2D eigenvalue weighted by atomic mass is 10.0. The average Bonchev–Trinajstić information content (AvgIpc) is 2.84. The molecule has 0 aliphatic rings. The quantitative estimate of drug-likeness (QED) is 0.249. The third-order valence-corrected chi connectivity index (χ3v) is 11.4. The smallest absolute Gasteiger partial charge is 0.408 e. The van der Waals surface area contributed by atoms with Crippen molar-refractivity contribution in [3.8, 4) is 0 Å². The second kappa shape index (κ2) is 12.6. The van der Waals surface area contributed by atoms with E-state index in [9.17, 15) is 4.79 Å². The SMILES string of the molecule is C/C(=C\[C@H](Cc1ccccc1)NC(=O)OC(C)(C)C)CO[Si](c1ccccc1)(c1ccccc1)C(C)(C)C. The Morgan fingerprint density at radius 1 is 0.816 bits per heavy atom. The van der Waals surface area contributed by atoms with E-state index in [0.29, 0.717) is 13.0 Å². The molecule has 0 aliphatic heterocycles. The predicted octanol–water partition coefficient (Wildman–Crippen LogP) is 6.65. The molecule has 38 heavy (non-hydrogen) atoms. The van der Waals surface area contributed by atoms with Crippen LogP contribution in [0, 0.1) is 0 Å². The van der Waals surface area contributed by atoms with Gasteiger partial charge in [-0.15, -0.1) is 0 Å². The number of benzene rings is 3. The van der Waals surface area contributed by atoms with Crippen molar-refractivity contribution in [2.45, 2.75) is 71.6 Å². The molecule has 3 aromatic rings. The summed E-state index contributed by atoms with van der Waals surface area (Å²) >= 11 is 0. The summed E-state index contributed by atoms with van der Waals surface area (Å²) in [6, 6.07) is 31.2. The van der Waals surface area contributed by atoms with E-state index in [4.69, 9.17) is 9.16 Å². The molecule has 0 aliphatic carbocycles. The van der Waals surface area contributed by atoms with Gasteiger partial charge in [-0.2, -0.15) is 0 Å². The second-order valence-corrected chi connectivity index (χ2v) is 16.2. The Labute approximate surface area is 230 Å². The van der Waals surface area contributed by atoms with Gasteiger partial charge in [-0.05, 0) is 55.1 Å². The lowest BCUT2D eigenvalue weighted by Crippen LogP contribution is -2.66. The first-order valence-corrected chi connectivity index (χ1v) is 15.3. The molecule has 0 bridgehead atoms. The zero-order chi connectivity index (χ0) is 27.8. The van der Waals surface area contributed by atoms with Gasteiger partial charge in [0, 0.05) is 0 Å². The van der Waals surface area contributed by atoms with Crippen LogP contribution in [0.5, 0.6) is 0 Å². The van der Waals surface area contributed by atoms with Gasteiger partial charge in [0.15, 0.2) is 0 Å². The number of carbonyl (C=O) groups is 1. The largest absolute Gasteiger partial charge is 0.444 e. The lowest BCUT2D eigenvalue weighted by molar-refractivity contribution is 0.0514. The molecule has 0 saturated carbocycles. The first-order valence-electron chi connectivity index (χ1n) is 13.4. The minimum atomic E-state index is -2.65. The van der Waals surface area contributed by atoms with Gasteiger partial charge in [0.2, 0.25) is 0 Å². The molecule has 202 valence electrons. The average molecular weight is 530 g/mol. The summed E-state index contributed by atoms with van der Waals surface area (Å²) in [5.41, 5.74) is 1.65. The Balaban J connectivity index is 1.92. The highest BCUT2D eigenvalue weighted by Crippen LogP contribution is 2.37. The molecule has 3 rings (SSSR count). The molecular formula is C33H43NO3Si. The summed E-state index contributed by atoms with van der Waals surface area (Å²) in [7, 11) is -2.65. The molecular weight excluding hydrogens is 486 g/mol. The van der Waals surface area contributed by atoms with E-state index in [2.05, 4.69) is 112 Å². The Kier molecular flexibility index (Phi) is 9.75. The minimum Gasteiger partial charge on any atom is -0.444 e. The van der Waals surface area contributed by atoms with Gasteiger partial charge in [0.25, 0.3) is 8.32 Å². The van der Waals surface area contributed by atoms with Gasteiger partial charge < -0.3 is 14.5 Å². The molecule has 1 amide bonds. The highest BCUT2D eigenvalue weighted by molar-refractivity contribution is 6.99. The number of carbonyl (C=O) groups excluding carboxylic acids is 1.